The second-order valence-electron chi connectivity index (χ2n) is 8.19. The number of ether oxygens (including phenoxy) is 1. The highest BCUT2D eigenvalue weighted by Crippen LogP contribution is 2.35. The number of carbonyl (C=O) groups excluding carboxylic acids is 2. The molecule has 168 valence electrons. The molecule has 0 aromatic heterocycles. The van der Waals surface area contributed by atoms with Gasteiger partial charge in [-0.1, -0.05) is 42.5 Å². The summed E-state index contributed by atoms with van der Waals surface area (Å²) in [6.45, 7) is 3.58. The number of esters is 1. The van der Waals surface area contributed by atoms with Crippen LogP contribution in [0.3, 0.4) is 0 Å². The zero-order valence-corrected chi connectivity index (χ0v) is 19.0. The molecule has 0 aliphatic carbocycles. The number of anilines is 2. The molecule has 33 heavy (non-hydrogen) atoms. The van der Waals surface area contributed by atoms with Crippen LogP contribution in [0.25, 0.3) is 5.57 Å². The molecule has 1 heterocycles. The van der Waals surface area contributed by atoms with Crippen molar-refractivity contribution in [2.24, 2.45) is 0 Å². The Morgan fingerprint density at radius 1 is 0.970 bits per heavy atom. The maximum absolute atomic E-state index is 12.6. The van der Waals surface area contributed by atoms with Crippen molar-refractivity contribution in [1.82, 2.24) is 4.90 Å². The van der Waals surface area contributed by atoms with E-state index < -0.39 is 5.97 Å². The summed E-state index contributed by atoms with van der Waals surface area (Å²) >= 11 is 0. The Balaban J connectivity index is 1.47. The minimum absolute atomic E-state index is 0.198. The number of fused-ring (bicyclic) bond motifs is 1. The SMILES string of the molecule is COC(=O)c1ccc2c(c1)/C(=C(\C)Nc1ccc(CN(C)Cc3ccccc3)cc1)C(=O)N2. The first-order valence-electron chi connectivity index (χ1n) is 10.8. The first kappa shape index (κ1) is 22.3. The van der Waals surface area contributed by atoms with Crippen molar-refractivity contribution < 1.29 is 14.3 Å². The lowest BCUT2D eigenvalue weighted by Crippen LogP contribution is -2.17. The summed E-state index contributed by atoms with van der Waals surface area (Å²) in [6.07, 6.45) is 0. The Labute approximate surface area is 193 Å². The molecule has 1 aliphatic heterocycles. The topological polar surface area (TPSA) is 70.7 Å². The van der Waals surface area contributed by atoms with Crippen molar-refractivity contribution in [2.45, 2.75) is 20.0 Å². The molecule has 4 rings (SSSR count). The summed E-state index contributed by atoms with van der Waals surface area (Å²) in [5.74, 6) is -0.633. The molecule has 0 spiro atoms. The number of allylic oxidation sites excluding steroid dienone is 1. The molecule has 3 aromatic rings. The number of benzene rings is 3. The minimum Gasteiger partial charge on any atom is -0.465 e. The Morgan fingerprint density at radius 3 is 2.30 bits per heavy atom. The van der Waals surface area contributed by atoms with Gasteiger partial charge in [0.15, 0.2) is 0 Å². The Morgan fingerprint density at radius 2 is 1.64 bits per heavy atom. The number of methoxy groups -OCH3 is 1. The van der Waals surface area contributed by atoms with Crippen LogP contribution in [-0.4, -0.2) is 30.9 Å². The monoisotopic (exact) mass is 441 g/mol. The molecule has 0 unspecified atom stereocenters. The van der Waals surface area contributed by atoms with Gasteiger partial charge in [0.25, 0.3) is 5.91 Å². The zero-order valence-electron chi connectivity index (χ0n) is 19.0. The Hall–Kier alpha value is -3.90. The average Bonchev–Trinajstić information content (AvgIpc) is 3.15. The first-order chi connectivity index (χ1) is 15.9. The molecule has 0 atom stereocenters. The Kier molecular flexibility index (Phi) is 6.56. The Bertz CT molecular complexity index is 1200. The van der Waals surface area contributed by atoms with Gasteiger partial charge in [-0.3, -0.25) is 9.69 Å². The molecule has 1 aliphatic rings. The summed E-state index contributed by atoms with van der Waals surface area (Å²) in [5, 5.41) is 6.18. The van der Waals surface area contributed by atoms with E-state index in [1.807, 2.05) is 25.1 Å². The molecule has 0 bridgehead atoms. The smallest absolute Gasteiger partial charge is 0.337 e. The molecule has 0 fully saturated rings. The van der Waals surface area contributed by atoms with Crippen LogP contribution in [0.4, 0.5) is 11.4 Å². The molecule has 3 aromatic carbocycles. The standard InChI is InChI=1S/C27H27N3O3/c1-18(25-23-15-21(27(32)33-3)11-14-24(23)29-26(25)31)28-22-12-9-20(10-13-22)17-30(2)16-19-7-5-4-6-8-19/h4-15,28H,16-17H2,1-3H3,(H,29,31)/b25-18-. The largest absolute Gasteiger partial charge is 0.465 e. The average molecular weight is 442 g/mol. The molecular weight excluding hydrogens is 414 g/mol. The number of rotatable bonds is 7. The maximum Gasteiger partial charge on any atom is 0.337 e. The van der Waals surface area contributed by atoms with Crippen LogP contribution in [0.1, 0.15) is 34.0 Å². The lowest BCUT2D eigenvalue weighted by Gasteiger charge is -2.17. The van der Waals surface area contributed by atoms with E-state index >= 15 is 0 Å². The van der Waals surface area contributed by atoms with Crippen LogP contribution in [0.2, 0.25) is 0 Å². The molecule has 0 saturated carbocycles. The van der Waals surface area contributed by atoms with Crippen molar-refractivity contribution in [2.75, 3.05) is 24.8 Å². The van der Waals surface area contributed by atoms with Crippen molar-refractivity contribution in [3.63, 3.8) is 0 Å². The van der Waals surface area contributed by atoms with Gasteiger partial charge in [-0.2, -0.15) is 0 Å². The zero-order chi connectivity index (χ0) is 23.4. The predicted molar refractivity (Wildman–Crippen MR) is 131 cm³/mol. The summed E-state index contributed by atoms with van der Waals surface area (Å²) < 4.78 is 4.81. The van der Waals surface area contributed by atoms with Crippen LogP contribution >= 0.6 is 0 Å². The van der Waals surface area contributed by atoms with Gasteiger partial charge >= 0.3 is 5.97 Å². The van der Waals surface area contributed by atoms with Gasteiger partial charge in [0.05, 0.1) is 18.2 Å². The van der Waals surface area contributed by atoms with E-state index in [-0.39, 0.29) is 5.91 Å². The minimum atomic E-state index is -0.435. The van der Waals surface area contributed by atoms with E-state index in [1.165, 1.54) is 18.2 Å². The van der Waals surface area contributed by atoms with E-state index in [1.54, 1.807) is 18.2 Å². The molecule has 1 amide bonds. The lowest BCUT2D eigenvalue weighted by molar-refractivity contribution is -0.110. The fourth-order valence-corrected chi connectivity index (χ4v) is 4.02. The van der Waals surface area contributed by atoms with Crippen LogP contribution in [0.5, 0.6) is 0 Å². The number of hydrogen-bond acceptors (Lipinski definition) is 5. The second-order valence-corrected chi connectivity index (χ2v) is 8.19. The molecule has 6 nitrogen and oxygen atoms in total. The summed E-state index contributed by atoms with van der Waals surface area (Å²) in [5.41, 5.74) is 6.38. The van der Waals surface area contributed by atoms with E-state index in [0.29, 0.717) is 28.1 Å². The number of hydrogen-bond donors (Lipinski definition) is 2. The maximum atomic E-state index is 12.6. The quantitative estimate of drug-likeness (QED) is 0.403. The number of carbonyl (C=O) groups is 2. The fraction of sp³-hybridized carbons (Fsp3) is 0.185. The van der Waals surface area contributed by atoms with Crippen molar-refractivity contribution >= 4 is 28.8 Å². The van der Waals surface area contributed by atoms with Crippen molar-refractivity contribution in [3.05, 3.63) is 101 Å². The van der Waals surface area contributed by atoms with Crippen molar-refractivity contribution in [1.29, 1.82) is 0 Å². The third-order valence-electron chi connectivity index (χ3n) is 5.59. The summed E-state index contributed by atoms with van der Waals surface area (Å²) in [6, 6.07) is 23.6. The normalized spacial score (nSPS) is 14.0. The number of amides is 1. The summed E-state index contributed by atoms with van der Waals surface area (Å²) in [4.78, 5) is 26.8. The van der Waals surface area contributed by atoms with Gasteiger partial charge in [-0.15, -0.1) is 0 Å². The lowest BCUT2D eigenvalue weighted by atomic mass is 10.0. The predicted octanol–water partition coefficient (Wildman–Crippen LogP) is 4.90. The fourth-order valence-electron chi connectivity index (χ4n) is 4.02. The van der Waals surface area contributed by atoms with Crippen LogP contribution in [0.15, 0.2) is 78.5 Å². The molecule has 0 saturated heterocycles. The third kappa shape index (κ3) is 5.13. The van der Waals surface area contributed by atoms with E-state index in [2.05, 4.69) is 59.0 Å². The van der Waals surface area contributed by atoms with Crippen LogP contribution < -0.4 is 10.6 Å². The molecular formula is C27H27N3O3. The van der Waals surface area contributed by atoms with Gasteiger partial charge in [0, 0.05) is 35.7 Å². The second kappa shape index (κ2) is 9.71. The first-order valence-corrected chi connectivity index (χ1v) is 10.8. The molecule has 2 N–H and O–H groups in total. The third-order valence-corrected chi connectivity index (χ3v) is 5.59. The van der Waals surface area contributed by atoms with Gasteiger partial charge in [-0.05, 0) is 55.4 Å². The van der Waals surface area contributed by atoms with Gasteiger partial charge in [0.1, 0.15) is 0 Å². The molecule has 0 radical (unpaired) electrons. The summed E-state index contributed by atoms with van der Waals surface area (Å²) in [7, 11) is 3.44. The van der Waals surface area contributed by atoms with E-state index in [4.69, 9.17) is 4.74 Å². The highest BCUT2D eigenvalue weighted by Gasteiger charge is 2.27. The van der Waals surface area contributed by atoms with Crippen LogP contribution in [-0.2, 0) is 22.6 Å². The number of nitrogens with one attached hydrogen (secondary N) is 2. The highest BCUT2D eigenvalue weighted by molar-refractivity contribution is 6.32. The van der Waals surface area contributed by atoms with Crippen LogP contribution in [0, 0.1) is 0 Å². The van der Waals surface area contributed by atoms with E-state index in [0.717, 1.165) is 18.8 Å². The van der Waals surface area contributed by atoms with Gasteiger partial charge in [0.2, 0.25) is 0 Å². The van der Waals surface area contributed by atoms with Gasteiger partial charge < -0.3 is 15.4 Å². The number of nitrogens with zero attached hydrogens (tertiary/aromatic N) is 1. The van der Waals surface area contributed by atoms with Crippen molar-refractivity contribution in [3.8, 4) is 0 Å². The highest BCUT2D eigenvalue weighted by atomic mass is 16.5. The molecule has 6 heteroatoms. The van der Waals surface area contributed by atoms with Gasteiger partial charge in [-0.25, -0.2) is 4.79 Å². The van der Waals surface area contributed by atoms with E-state index in [9.17, 15) is 9.59 Å².